The molecule has 3 N–H and O–H groups in total. The van der Waals surface area contributed by atoms with Crippen LogP contribution in [0.2, 0.25) is 10.2 Å². The summed E-state index contributed by atoms with van der Waals surface area (Å²) in [4.78, 5) is 18.4. The first-order chi connectivity index (χ1) is 16.0. The molecule has 1 atom stereocenters. The molecule has 2 aromatic heterocycles. The third-order valence-electron chi connectivity index (χ3n) is 5.12. The van der Waals surface area contributed by atoms with Gasteiger partial charge in [0.2, 0.25) is 5.82 Å². The van der Waals surface area contributed by atoms with Crippen LogP contribution in [0.1, 0.15) is 53.1 Å². The van der Waals surface area contributed by atoms with Crippen LogP contribution in [0.15, 0.2) is 42.5 Å². The van der Waals surface area contributed by atoms with Gasteiger partial charge < -0.3 is 14.8 Å². The van der Waals surface area contributed by atoms with E-state index in [4.69, 9.17) is 27.9 Å². The van der Waals surface area contributed by atoms with Crippen LogP contribution in [0.5, 0.6) is 5.75 Å². The lowest BCUT2D eigenvalue weighted by Gasteiger charge is -2.15. The zero-order valence-electron chi connectivity index (χ0n) is 17.5. The Morgan fingerprint density at radius 2 is 1.97 bits per heavy atom. The first-order valence-corrected chi connectivity index (χ1v) is 11.0. The fraction of sp³-hybridized carbons (Fsp3) is 0.227. The second kappa shape index (κ2) is 10.0. The van der Waals surface area contributed by atoms with E-state index in [0.717, 1.165) is 29.5 Å². The first kappa shape index (κ1) is 22.8. The summed E-state index contributed by atoms with van der Waals surface area (Å²) in [6.45, 7) is 2.34. The Balaban J connectivity index is 1.51. The van der Waals surface area contributed by atoms with Gasteiger partial charge in [0.1, 0.15) is 23.3 Å². The molecule has 0 aliphatic rings. The Morgan fingerprint density at radius 1 is 1.18 bits per heavy atom. The van der Waals surface area contributed by atoms with E-state index in [1.807, 2.05) is 30.3 Å². The molecule has 0 spiro atoms. The van der Waals surface area contributed by atoms with E-state index in [9.17, 15) is 9.90 Å². The van der Waals surface area contributed by atoms with Crippen LogP contribution in [-0.2, 0) is 6.61 Å². The number of hydrogen-bond donors (Lipinski definition) is 3. The zero-order chi connectivity index (χ0) is 23.4. The van der Waals surface area contributed by atoms with Crippen LogP contribution in [0.4, 0.5) is 0 Å². The normalized spacial score (nSPS) is 12.0. The van der Waals surface area contributed by atoms with Gasteiger partial charge in [0.05, 0.1) is 0 Å². The minimum absolute atomic E-state index is 0.0268. The summed E-state index contributed by atoms with van der Waals surface area (Å²) < 4.78 is 5.97. The maximum Gasteiger partial charge on any atom is 0.357 e. The number of nitrogens with zero attached hydrogens (tertiary/aromatic N) is 4. The number of carboxylic acid groups (broad SMARTS) is 1. The second-order valence-corrected chi connectivity index (χ2v) is 8.14. The number of imidazole rings is 1. The number of hydrogen-bond acceptors (Lipinski definition) is 6. The largest absolute Gasteiger partial charge is 0.489 e. The zero-order valence-corrected chi connectivity index (χ0v) is 19.1. The molecule has 0 bridgehead atoms. The minimum atomic E-state index is -1.16. The van der Waals surface area contributed by atoms with Gasteiger partial charge in [0, 0.05) is 22.1 Å². The summed E-state index contributed by atoms with van der Waals surface area (Å²) >= 11 is 12.1. The molecule has 0 fully saturated rings. The highest BCUT2D eigenvalue weighted by Crippen LogP contribution is 2.31. The molecule has 0 aliphatic heterocycles. The Hall–Kier alpha value is -3.43. The number of nitrogens with one attached hydrogen (secondary N) is 2. The van der Waals surface area contributed by atoms with Gasteiger partial charge in [0.25, 0.3) is 0 Å². The van der Waals surface area contributed by atoms with E-state index in [0.29, 0.717) is 22.4 Å². The maximum absolute atomic E-state index is 11.3. The fourth-order valence-corrected chi connectivity index (χ4v) is 3.93. The molecule has 9 nitrogen and oxygen atoms in total. The molecular formula is C22H20Cl2N6O3. The fourth-order valence-electron chi connectivity index (χ4n) is 3.54. The predicted octanol–water partition coefficient (Wildman–Crippen LogP) is 5.11. The summed E-state index contributed by atoms with van der Waals surface area (Å²) in [5, 5.41) is 23.9. The van der Waals surface area contributed by atoms with Gasteiger partial charge in [-0.05, 0) is 41.5 Å². The lowest BCUT2D eigenvalue weighted by Crippen LogP contribution is -2.05. The van der Waals surface area contributed by atoms with Gasteiger partial charge in [0.15, 0.2) is 5.69 Å². The third kappa shape index (κ3) is 5.15. The van der Waals surface area contributed by atoms with Crippen LogP contribution in [0, 0.1) is 0 Å². The van der Waals surface area contributed by atoms with Gasteiger partial charge in [-0.15, -0.1) is 10.2 Å². The number of rotatable bonds is 9. The number of ether oxygens (including phenoxy) is 1. The molecule has 170 valence electrons. The molecule has 11 heteroatoms. The summed E-state index contributed by atoms with van der Waals surface area (Å²) in [6, 6.07) is 13.0. The molecule has 0 aliphatic carbocycles. The summed E-state index contributed by atoms with van der Waals surface area (Å²) in [5.74, 6) is 0.358. The van der Waals surface area contributed by atoms with Gasteiger partial charge in [-0.3, -0.25) is 0 Å². The third-order valence-corrected chi connectivity index (χ3v) is 5.63. The van der Waals surface area contributed by atoms with Crippen molar-refractivity contribution in [3.05, 3.63) is 75.3 Å². The molecule has 1 unspecified atom stereocenters. The number of carboxylic acids is 1. The number of halogens is 2. The quantitative estimate of drug-likeness (QED) is 0.299. The molecule has 4 aromatic rings. The number of aromatic amines is 2. The highest BCUT2D eigenvalue weighted by Gasteiger charge is 2.22. The van der Waals surface area contributed by atoms with Crippen molar-refractivity contribution in [3.8, 4) is 17.1 Å². The summed E-state index contributed by atoms with van der Waals surface area (Å²) in [5.41, 5.74) is 2.40. The lowest BCUT2D eigenvalue weighted by molar-refractivity contribution is 0.0691. The molecular weight excluding hydrogens is 467 g/mol. The highest BCUT2D eigenvalue weighted by molar-refractivity contribution is 6.32. The lowest BCUT2D eigenvalue weighted by atomic mass is 9.94. The van der Waals surface area contributed by atoms with Crippen molar-refractivity contribution >= 4 is 29.2 Å². The first-order valence-electron chi connectivity index (χ1n) is 10.2. The van der Waals surface area contributed by atoms with Crippen LogP contribution in [0.3, 0.4) is 0 Å². The Bertz CT molecular complexity index is 1240. The molecule has 2 aromatic carbocycles. The monoisotopic (exact) mass is 486 g/mol. The topological polar surface area (TPSA) is 130 Å². The van der Waals surface area contributed by atoms with Crippen molar-refractivity contribution < 1.29 is 14.6 Å². The number of carbonyl (C=O) groups is 1. The highest BCUT2D eigenvalue weighted by atomic mass is 35.5. The molecule has 2 heterocycles. The van der Waals surface area contributed by atoms with Crippen molar-refractivity contribution in [3.63, 3.8) is 0 Å². The van der Waals surface area contributed by atoms with Gasteiger partial charge >= 0.3 is 5.97 Å². The van der Waals surface area contributed by atoms with Crippen molar-refractivity contribution in [2.75, 3.05) is 0 Å². The molecule has 33 heavy (non-hydrogen) atoms. The van der Waals surface area contributed by atoms with Crippen LogP contribution in [0.25, 0.3) is 11.4 Å². The van der Waals surface area contributed by atoms with Crippen molar-refractivity contribution in [1.29, 1.82) is 0 Å². The summed E-state index contributed by atoms with van der Waals surface area (Å²) in [7, 11) is 0. The smallest absolute Gasteiger partial charge is 0.357 e. The number of H-pyrrole nitrogens is 2. The van der Waals surface area contributed by atoms with Gasteiger partial charge in [-0.2, -0.15) is 5.21 Å². The molecule has 0 amide bonds. The Labute approximate surface area is 199 Å². The number of tetrazole rings is 1. The van der Waals surface area contributed by atoms with Crippen molar-refractivity contribution in [2.45, 2.75) is 32.3 Å². The predicted molar refractivity (Wildman–Crippen MR) is 123 cm³/mol. The van der Waals surface area contributed by atoms with Crippen molar-refractivity contribution in [2.24, 2.45) is 0 Å². The second-order valence-electron chi connectivity index (χ2n) is 7.33. The average Bonchev–Trinajstić information content (AvgIpc) is 3.47. The summed E-state index contributed by atoms with van der Waals surface area (Å²) in [6.07, 6.45) is 1.67. The van der Waals surface area contributed by atoms with E-state index < -0.39 is 5.97 Å². The van der Waals surface area contributed by atoms with Crippen LogP contribution in [-0.4, -0.2) is 41.7 Å². The SMILES string of the molecule is CCCC(c1ccc(OCc2ccc(Cl)cc2-c2nn[nH]n2)cc1)c1nc(C(=O)O)c(Cl)[nH]1. The van der Waals surface area contributed by atoms with Crippen molar-refractivity contribution in [1.82, 2.24) is 30.6 Å². The van der Waals surface area contributed by atoms with E-state index in [2.05, 4.69) is 37.5 Å². The molecule has 0 saturated carbocycles. The molecule has 0 saturated heterocycles. The van der Waals surface area contributed by atoms with Gasteiger partial charge in [-0.1, -0.05) is 54.7 Å². The van der Waals surface area contributed by atoms with E-state index in [1.165, 1.54) is 0 Å². The van der Waals surface area contributed by atoms with E-state index in [1.54, 1.807) is 12.1 Å². The van der Waals surface area contributed by atoms with E-state index in [-0.39, 0.29) is 23.4 Å². The average molecular weight is 487 g/mol. The molecule has 0 radical (unpaired) electrons. The maximum atomic E-state index is 11.3. The Morgan fingerprint density at radius 3 is 2.61 bits per heavy atom. The number of aromatic nitrogens is 6. The minimum Gasteiger partial charge on any atom is -0.489 e. The van der Waals surface area contributed by atoms with Gasteiger partial charge in [-0.25, -0.2) is 9.78 Å². The number of benzene rings is 2. The standard InChI is InChI=1S/C22H20Cl2N6O3/c1-2-3-16(20-25-18(22(31)32)19(24)26-20)12-5-8-15(9-6-12)33-11-13-4-7-14(23)10-17(13)21-27-29-30-28-21/h4-10,16H,2-3,11H2,1H3,(H,25,26)(H,31,32)(H,27,28,29,30). The van der Waals surface area contributed by atoms with E-state index >= 15 is 0 Å². The van der Waals surface area contributed by atoms with Crippen LogP contribution < -0.4 is 4.74 Å². The molecule has 4 rings (SSSR count). The Kier molecular flexibility index (Phi) is 6.90. The number of aromatic carboxylic acids is 1. The van der Waals surface area contributed by atoms with Crippen LogP contribution >= 0.6 is 23.2 Å².